The van der Waals surface area contributed by atoms with Crippen LogP contribution in [0.4, 0.5) is 0 Å². The molecule has 0 spiro atoms. The van der Waals surface area contributed by atoms with Crippen molar-refractivity contribution in [3.8, 4) is 0 Å². The maximum absolute atomic E-state index is 4.79. The zero-order chi connectivity index (χ0) is 18.1. The van der Waals surface area contributed by atoms with E-state index in [4.69, 9.17) is 4.99 Å². The minimum absolute atomic E-state index is 0. The first-order chi connectivity index (χ1) is 12.0. The van der Waals surface area contributed by atoms with Gasteiger partial charge in [-0.25, -0.2) is 4.98 Å². The van der Waals surface area contributed by atoms with Gasteiger partial charge in [0.15, 0.2) is 5.96 Å². The second-order valence-corrected chi connectivity index (χ2v) is 8.12. The van der Waals surface area contributed by atoms with Crippen LogP contribution in [0.5, 0.6) is 0 Å². The Kier molecular flexibility index (Phi) is 10.2. The summed E-state index contributed by atoms with van der Waals surface area (Å²) in [5.41, 5.74) is 2.63. The van der Waals surface area contributed by atoms with Gasteiger partial charge in [0.25, 0.3) is 0 Å². The first-order valence-electron chi connectivity index (χ1n) is 8.95. The third-order valence-electron chi connectivity index (χ3n) is 3.88. The standard InChI is InChI=1S/C20H30N4S.HI/c1-5-21-19(22-12-11-18-14-25-16(2)24-18)23-15-20(3,4)13-17-9-7-6-8-10-17;/h6-10,14H,5,11-13,15H2,1-4H3,(H2,21,22,23);1H. The monoisotopic (exact) mass is 486 g/mol. The number of thiazole rings is 1. The van der Waals surface area contributed by atoms with Gasteiger partial charge in [0.2, 0.25) is 0 Å². The molecule has 0 fully saturated rings. The zero-order valence-electron chi connectivity index (χ0n) is 16.2. The van der Waals surface area contributed by atoms with Crippen molar-refractivity contribution in [2.75, 3.05) is 19.6 Å². The molecule has 0 aliphatic carbocycles. The topological polar surface area (TPSA) is 49.3 Å². The number of rotatable bonds is 8. The molecule has 1 aromatic heterocycles. The van der Waals surface area contributed by atoms with E-state index >= 15 is 0 Å². The van der Waals surface area contributed by atoms with E-state index in [1.807, 2.05) is 6.92 Å². The summed E-state index contributed by atoms with van der Waals surface area (Å²) in [7, 11) is 0. The van der Waals surface area contributed by atoms with Crippen LogP contribution < -0.4 is 10.6 Å². The van der Waals surface area contributed by atoms with Gasteiger partial charge >= 0.3 is 0 Å². The SMILES string of the molecule is CCNC(=NCC(C)(C)Cc1ccccc1)NCCc1csc(C)n1.I. The maximum Gasteiger partial charge on any atom is 0.191 e. The number of halogens is 1. The number of nitrogens with one attached hydrogen (secondary N) is 2. The average molecular weight is 486 g/mol. The lowest BCUT2D eigenvalue weighted by Crippen LogP contribution is -2.39. The summed E-state index contributed by atoms with van der Waals surface area (Å²) in [5, 5.41) is 10.0. The van der Waals surface area contributed by atoms with Gasteiger partial charge in [0, 0.05) is 31.4 Å². The fourth-order valence-corrected chi connectivity index (χ4v) is 3.32. The first-order valence-corrected chi connectivity index (χ1v) is 9.83. The van der Waals surface area contributed by atoms with E-state index in [9.17, 15) is 0 Å². The van der Waals surface area contributed by atoms with Crippen LogP contribution in [0.3, 0.4) is 0 Å². The number of nitrogens with zero attached hydrogens (tertiary/aromatic N) is 2. The maximum atomic E-state index is 4.79. The van der Waals surface area contributed by atoms with Crippen molar-refractivity contribution in [3.63, 3.8) is 0 Å². The van der Waals surface area contributed by atoms with Crippen LogP contribution in [0, 0.1) is 12.3 Å². The van der Waals surface area contributed by atoms with Crippen molar-refractivity contribution in [1.82, 2.24) is 15.6 Å². The van der Waals surface area contributed by atoms with Crippen molar-refractivity contribution in [2.45, 2.75) is 40.5 Å². The second kappa shape index (κ2) is 11.5. The summed E-state index contributed by atoms with van der Waals surface area (Å²) >= 11 is 1.70. The molecule has 0 amide bonds. The van der Waals surface area contributed by atoms with Crippen LogP contribution in [0.1, 0.15) is 37.0 Å². The average Bonchev–Trinajstić information content (AvgIpc) is 2.98. The van der Waals surface area contributed by atoms with Crippen LogP contribution >= 0.6 is 35.3 Å². The van der Waals surface area contributed by atoms with Gasteiger partial charge in [-0.1, -0.05) is 44.2 Å². The Labute approximate surface area is 179 Å². The molecule has 0 atom stereocenters. The lowest BCUT2D eigenvalue weighted by atomic mass is 9.86. The highest BCUT2D eigenvalue weighted by Crippen LogP contribution is 2.22. The number of aromatic nitrogens is 1. The van der Waals surface area contributed by atoms with E-state index in [-0.39, 0.29) is 29.4 Å². The van der Waals surface area contributed by atoms with Crippen LogP contribution in [0.2, 0.25) is 0 Å². The van der Waals surface area contributed by atoms with E-state index in [0.29, 0.717) is 0 Å². The first kappa shape index (κ1) is 22.9. The predicted octanol–water partition coefficient (Wildman–Crippen LogP) is 4.44. The fraction of sp³-hybridized carbons (Fsp3) is 0.500. The van der Waals surface area contributed by atoms with E-state index in [2.05, 4.69) is 72.1 Å². The molecular formula is C20H31IN4S. The molecule has 2 aromatic rings. The Morgan fingerprint density at radius 1 is 1.19 bits per heavy atom. The largest absolute Gasteiger partial charge is 0.357 e. The van der Waals surface area contributed by atoms with Crippen molar-refractivity contribution in [1.29, 1.82) is 0 Å². The minimum Gasteiger partial charge on any atom is -0.357 e. The quantitative estimate of drug-likeness (QED) is 0.330. The Morgan fingerprint density at radius 3 is 2.54 bits per heavy atom. The second-order valence-electron chi connectivity index (χ2n) is 7.06. The summed E-state index contributed by atoms with van der Waals surface area (Å²) in [6, 6.07) is 10.6. The predicted molar refractivity (Wildman–Crippen MR) is 124 cm³/mol. The van der Waals surface area contributed by atoms with Crippen molar-refractivity contribution in [3.05, 3.63) is 52.0 Å². The summed E-state index contributed by atoms with van der Waals surface area (Å²) in [4.78, 5) is 9.30. The van der Waals surface area contributed by atoms with Crippen molar-refractivity contribution >= 4 is 41.3 Å². The van der Waals surface area contributed by atoms with Gasteiger partial charge in [0.1, 0.15) is 0 Å². The van der Waals surface area contributed by atoms with E-state index in [1.165, 1.54) is 5.56 Å². The van der Waals surface area contributed by atoms with Crippen LogP contribution in [-0.2, 0) is 12.8 Å². The molecule has 0 aliphatic rings. The third-order valence-corrected chi connectivity index (χ3v) is 4.70. The zero-order valence-corrected chi connectivity index (χ0v) is 19.4. The molecule has 144 valence electrons. The van der Waals surface area contributed by atoms with E-state index < -0.39 is 0 Å². The van der Waals surface area contributed by atoms with Gasteiger partial charge < -0.3 is 10.6 Å². The molecule has 1 aromatic carbocycles. The van der Waals surface area contributed by atoms with Crippen molar-refractivity contribution < 1.29 is 0 Å². The van der Waals surface area contributed by atoms with Crippen molar-refractivity contribution in [2.24, 2.45) is 10.4 Å². The number of hydrogen-bond acceptors (Lipinski definition) is 3. The smallest absolute Gasteiger partial charge is 0.191 e. The molecular weight excluding hydrogens is 455 g/mol. The van der Waals surface area contributed by atoms with Gasteiger partial charge in [-0.3, -0.25) is 4.99 Å². The molecule has 0 unspecified atom stereocenters. The molecule has 4 nitrogen and oxygen atoms in total. The van der Waals surface area contributed by atoms with Gasteiger partial charge in [-0.2, -0.15) is 0 Å². The van der Waals surface area contributed by atoms with Gasteiger partial charge in [-0.05, 0) is 31.2 Å². The molecule has 26 heavy (non-hydrogen) atoms. The number of guanidine groups is 1. The summed E-state index contributed by atoms with van der Waals surface area (Å²) < 4.78 is 0. The molecule has 0 aliphatic heterocycles. The number of benzene rings is 1. The Hall–Kier alpha value is -1.15. The van der Waals surface area contributed by atoms with Gasteiger partial charge in [0.05, 0.1) is 10.7 Å². The Bertz CT molecular complexity index is 667. The summed E-state index contributed by atoms with van der Waals surface area (Å²) in [6.07, 6.45) is 1.94. The van der Waals surface area contributed by atoms with E-state index in [0.717, 1.165) is 49.1 Å². The Morgan fingerprint density at radius 2 is 1.92 bits per heavy atom. The van der Waals surface area contributed by atoms with E-state index in [1.54, 1.807) is 11.3 Å². The minimum atomic E-state index is 0. The number of aliphatic imine (C=N–C) groups is 1. The lowest BCUT2D eigenvalue weighted by molar-refractivity contribution is 0.377. The van der Waals surface area contributed by atoms with Crippen LogP contribution in [0.25, 0.3) is 0 Å². The Balaban J connectivity index is 0.00000338. The molecule has 0 saturated carbocycles. The molecule has 0 saturated heterocycles. The number of hydrogen-bond donors (Lipinski definition) is 2. The highest BCUT2D eigenvalue weighted by molar-refractivity contribution is 14.0. The molecule has 1 heterocycles. The highest BCUT2D eigenvalue weighted by Gasteiger charge is 2.18. The van der Waals surface area contributed by atoms with Crippen LogP contribution in [0.15, 0.2) is 40.7 Å². The third kappa shape index (κ3) is 8.49. The van der Waals surface area contributed by atoms with Gasteiger partial charge in [-0.15, -0.1) is 35.3 Å². The molecule has 0 bridgehead atoms. The van der Waals surface area contributed by atoms with Crippen LogP contribution in [-0.4, -0.2) is 30.6 Å². The molecule has 2 N–H and O–H groups in total. The summed E-state index contributed by atoms with van der Waals surface area (Å²) in [6.45, 7) is 11.2. The normalized spacial score (nSPS) is 11.8. The number of aryl methyl sites for hydroxylation is 1. The molecule has 2 rings (SSSR count). The lowest BCUT2D eigenvalue weighted by Gasteiger charge is -2.23. The molecule has 0 radical (unpaired) electrons. The summed E-state index contributed by atoms with van der Waals surface area (Å²) in [5.74, 6) is 0.885. The highest BCUT2D eigenvalue weighted by atomic mass is 127. The fourth-order valence-electron chi connectivity index (χ4n) is 2.67. The molecule has 6 heteroatoms.